The minimum Gasteiger partial charge on any atom is -0.508 e. The monoisotopic (exact) mass is 207 g/mol. The Morgan fingerprint density at radius 3 is 3.00 bits per heavy atom. The van der Waals surface area contributed by atoms with E-state index in [2.05, 4.69) is 6.92 Å². The molecule has 0 aliphatic carbocycles. The smallest absolute Gasteiger partial charge is 0.126 e. The summed E-state index contributed by atoms with van der Waals surface area (Å²) in [7, 11) is 0. The zero-order valence-electron chi connectivity index (χ0n) is 9.16. The quantitative estimate of drug-likeness (QED) is 0.740. The van der Waals surface area contributed by atoms with Crippen molar-refractivity contribution in [1.82, 2.24) is 0 Å². The molecular weight excluding hydrogens is 190 g/mol. The Kier molecular flexibility index (Phi) is 2.35. The second-order valence-electron chi connectivity index (χ2n) is 4.48. The van der Waals surface area contributed by atoms with Gasteiger partial charge in [-0.2, -0.15) is 0 Å². The van der Waals surface area contributed by atoms with Crippen molar-refractivity contribution in [2.75, 3.05) is 6.61 Å². The van der Waals surface area contributed by atoms with Crippen LogP contribution in [0.4, 0.5) is 0 Å². The lowest BCUT2D eigenvalue weighted by Gasteiger charge is -2.39. The number of benzene rings is 1. The van der Waals surface area contributed by atoms with Crippen molar-refractivity contribution in [3.8, 4) is 11.5 Å². The number of nitrogens with two attached hydrogens (primary N) is 1. The molecule has 0 unspecified atom stereocenters. The molecule has 1 heterocycles. The minimum atomic E-state index is -0.321. The zero-order valence-corrected chi connectivity index (χ0v) is 9.16. The fraction of sp³-hybridized carbons (Fsp3) is 0.500. The maximum Gasteiger partial charge on any atom is 0.126 e. The topological polar surface area (TPSA) is 55.5 Å². The number of fused-ring (bicyclic) bond motifs is 1. The van der Waals surface area contributed by atoms with E-state index < -0.39 is 0 Å². The Labute approximate surface area is 89.9 Å². The van der Waals surface area contributed by atoms with Crippen molar-refractivity contribution < 1.29 is 9.84 Å². The Bertz CT molecular complexity index is 374. The van der Waals surface area contributed by atoms with Crippen molar-refractivity contribution in [2.24, 2.45) is 5.73 Å². The van der Waals surface area contributed by atoms with Crippen LogP contribution in [0.3, 0.4) is 0 Å². The highest BCUT2D eigenvalue weighted by Gasteiger charge is 2.36. The largest absolute Gasteiger partial charge is 0.508 e. The van der Waals surface area contributed by atoms with Gasteiger partial charge in [-0.1, -0.05) is 13.0 Å². The number of ether oxygens (including phenoxy) is 1. The number of aromatic hydroxyl groups is 1. The Morgan fingerprint density at radius 2 is 2.33 bits per heavy atom. The predicted molar refractivity (Wildman–Crippen MR) is 59.2 cm³/mol. The number of phenols is 1. The van der Waals surface area contributed by atoms with Crippen LogP contribution >= 0.6 is 0 Å². The van der Waals surface area contributed by atoms with E-state index in [1.54, 1.807) is 12.1 Å². The number of rotatable bonds is 1. The molecule has 1 aliphatic heterocycles. The summed E-state index contributed by atoms with van der Waals surface area (Å²) in [5.41, 5.74) is 6.98. The molecule has 0 radical (unpaired) electrons. The molecular formula is C12H17NO2. The van der Waals surface area contributed by atoms with Gasteiger partial charge >= 0.3 is 0 Å². The van der Waals surface area contributed by atoms with Crippen LogP contribution in [0.25, 0.3) is 0 Å². The first-order chi connectivity index (χ1) is 7.04. The molecule has 1 aromatic carbocycles. The standard InChI is InChI=1S/C12H17NO2/c1-3-10-9-5-4-8(14)6-11(9)15-7-12(10,2)13/h4-6,10,14H,3,7,13H2,1-2H3/t10-,12+/m0/s1. The van der Waals surface area contributed by atoms with Crippen LogP contribution in [0.2, 0.25) is 0 Å². The Balaban J connectivity index is 2.47. The SMILES string of the molecule is CC[C@H]1c2ccc(O)cc2OC[C@@]1(C)N. The summed E-state index contributed by atoms with van der Waals surface area (Å²) in [6, 6.07) is 5.25. The average molecular weight is 207 g/mol. The summed E-state index contributed by atoms with van der Waals surface area (Å²) in [5, 5.41) is 9.37. The molecule has 1 aromatic rings. The first-order valence-corrected chi connectivity index (χ1v) is 5.29. The number of hydrogen-bond donors (Lipinski definition) is 2. The highest BCUT2D eigenvalue weighted by molar-refractivity contribution is 5.45. The highest BCUT2D eigenvalue weighted by atomic mass is 16.5. The second kappa shape index (κ2) is 3.42. The van der Waals surface area contributed by atoms with Crippen LogP contribution < -0.4 is 10.5 Å². The summed E-state index contributed by atoms with van der Waals surface area (Å²) in [4.78, 5) is 0. The van der Waals surface area contributed by atoms with E-state index in [0.29, 0.717) is 12.5 Å². The van der Waals surface area contributed by atoms with Crippen LogP contribution in [0.5, 0.6) is 11.5 Å². The van der Waals surface area contributed by atoms with E-state index in [4.69, 9.17) is 10.5 Å². The molecule has 0 saturated carbocycles. The Morgan fingerprint density at radius 1 is 1.60 bits per heavy atom. The number of hydrogen-bond acceptors (Lipinski definition) is 3. The molecule has 3 heteroatoms. The molecule has 2 rings (SSSR count). The lowest BCUT2D eigenvalue weighted by molar-refractivity contribution is 0.170. The third-order valence-electron chi connectivity index (χ3n) is 3.12. The van der Waals surface area contributed by atoms with Crippen LogP contribution in [-0.4, -0.2) is 17.3 Å². The van der Waals surface area contributed by atoms with Gasteiger partial charge in [-0.05, 0) is 25.0 Å². The van der Waals surface area contributed by atoms with E-state index in [9.17, 15) is 5.11 Å². The molecule has 2 atom stereocenters. The van der Waals surface area contributed by atoms with Gasteiger partial charge in [0, 0.05) is 12.0 Å². The lowest BCUT2D eigenvalue weighted by atomic mass is 9.78. The van der Waals surface area contributed by atoms with Crippen LogP contribution in [0.15, 0.2) is 18.2 Å². The van der Waals surface area contributed by atoms with Gasteiger partial charge < -0.3 is 15.6 Å². The average Bonchev–Trinajstić information content (AvgIpc) is 2.18. The van der Waals surface area contributed by atoms with Gasteiger partial charge in [0.2, 0.25) is 0 Å². The van der Waals surface area contributed by atoms with E-state index in [1.807, 2.05) is 13.0 Å². The molecule has 0 bridgehead atoms. The molecule has 1 aliphatic rings. The van der Waals surface area contributed by atoms with Gasteiger partial charge in [0.05, 0.1) is 5.54 Å². The summed E-state index contributed by atoms with van der Waals surface area (Å²) >= 11 is 0. The van der Waals surface area contributed by atoms with Crippen molar-refractivity contribution in [2.45, 2.75) is 31.7 Å². The molecule has 3 N–H and O–H groups in total. The molecule has 0 fully saturated rings. The fourth-order valence-corrected chi connectivity index (χ4v) is 2.31. The minimum absolute atomic E-state index is 0.240. The van der Waals surface area contributed by atoms with E-state index in [0.717, 1.165) is 17.7 Å². The second-order valence-corrected chi connectivity index (χ2v) is 4.48. The first kappa shape index (κ1) is 10.3. The maximum absolute atomic E-state index is 9.37. The number of phenolic OH excluding ortho intramolecular Hbond substituents is 1. The van der Waals surface area contributed by atoms with Gasteiger partial charge in [0.15, 0.2) is 0 Å². The van der Waals surface area contributed by atoms with Gasteiger partial charge in [0.1, 0.15) is 18.1 Å². The fourth-order valence-electron chi connectivity index (χ4n) is 2.31. The third-order valence-corrected chi connectivity index (χ3v) is 3.12. The molecule has 0 saturated heterocycles. The maximum atomic E-state index is 9.37. The van der Waals surface area contributed by atoms with Crippen molar-refractivity contribution in [3.63, 3.8) is 0 Å². The third kappa shape index (κ3) is 1.67. The van der Waals surface area contributed by atoms with E-state index in [-0.39, 0.29) is 11.3 Å². The molecule has 15 heavy (non-hydrogen) atoms. The molecule has 3 nitrogen and oxygen atoms in total. The van der Waals surface area contributed by atoms with Crippen molar-refractivity contribution in [3.05, 3.63) is 23.8 Å². The highest BCUT2D eigenvalue weighted by Crippen LogP contribution is 2.41. The van der Waals surface area contributed by atoms with Crippen molar-refractivity contribution >= 4 is 0 Å². The molecule has 0 aromatic heterocycles. The summed E-state index contributed by atoms with van der Waals surface area (Å²) in [6.45, 7) is 4.64. The summed E-state index contributed by atoms with van der Waals surface area (Å²) in [5.74, 6) is 1.30. The van der Waals surface area contributed by atoms with E-state index in [1.165, 1.54) is 0 Å². The first-order valence-electron chi connectivity index (χ1n) is 5.29. The molecule has 0 amide bonds. The Hall–Kier alpha value is -1.22. The normalized spacial score (nSPS) is 29.4. The van der Waals surface area contributed by atoms with Crippen LogP contribution in [0.1, 0.15) is 31.7 Å². The molecule has 82 valence electrons. The van der Waals surface area contributed by atoms with Gasteiger partial charge in [-0.3, -0.25) is 0 Å². The summed E-state index contributed by atoms with van der Waals surface area (Å²) in [6.07, 6.45) is 0.980. The zero-order chi connectivity index (χ0) is 11.1. The van der Waals surface area contributed by atoms with Crippen LogP contribution in [-0.2, 0) is 0 Å². The van der Waals surface area contributed by atoms with E-state index >= 15 is 0 Å². The van der Waals surface area contributed by atoms with Gasteiger partial charge in [-0.25, -0.2) is 0 Å². The molecule has 0 spiro atoms. The van der Waals surface area contributed by atoms with Crippen LogP contribution in [0, 0.1) is 0 Å². The van der Waals surface area contributed by atoms with Gasteiger partial charge in [-0.15, -0.1) is 0 Å². The lowest BCUT2D eigenvalue weighted by Crippen LogP contribution is -2.50. The van der Waals surface area contributed by atoms with Gasteiger partial charge in [0.25, 0.3) is 0 Å². The summed E-state index contributed by atoms with van der Waals surface area (Å²) < 4.78 is 5.57. The van der Waals surface area contributed by atoms with Crippen molar-refractivity contribution in [1.29, 1.82) is 0 Å². The predicted octanol–water partition coefficient (Wildman–Crippen LogP) is 2.00.